The lowest BCUT2D eigenvalue weighted by molar-refractivity contribution is 0.474. The molecule has 0 saturated carbocycles. The van der Waals surface area contributed by atoms with Crippen LogP contribution in [0.5, 0.6) is 5.75 Å². The lowest BCUT2D eigenvalue weighted by Gasteiger charge is -2.11. The average Bonchev–Trinajstić information content (AvgIpc) is 2.04. The Morgan fingerprint density at radius 2 is 2.23 bits per heavy atom. The fourth-order valence-electron chi connectivity index (χ4n) is 1.50. The maximum Gasteiger partial charge on any atom is 0.115 e. The van der Waals surface area contributed by atoms with Crippen molar-refractivity contribution < 1.29 is 5.11 Å². The van der Waals surface area contributed by atoms with Crippen LogP contribution in [0.3, 0.4) is 0 Å². The second kappa shape index (κ2) is 4.00. The van der Waals surface area contributed by atoms with Crippen molar-refractivity contribution in [1.82, 2.24) is 0 Å². The number of aromatic hydroxyl groups is 1. The summed E-state index contributed by atoms with van der Waals surface area (Å²) in [4.78, 5) is 0. The summed E-state index contributed by atoms with van der Waals surface area (Å²) >= 11 is 0. The molecule has 1 aromatic carbocycles. The van der Waals surface area contributed by atoms with E-state index in [1.807, 2.05) is 13.0 Å². The van der Waals surface area contributed by atoms with E-state index in [1.165, 1.54) is 5.56 Å². The van der Waals surface area contributed by atoms with Gasteiger partial charge in [-0.2, -0.15) is 0 Å². The Labute approximate surface area is 79.4 Å². The standard InChI is InChI=1S/C12H14O/c1-4-5-9(2)12-7-6-11(13)8-10(12)3/h1,6-9,13H,5H2,2-3H3. The minimum absolute atomic E-state index is 0.314. The van der Waals surface area contributed by atoms with Gasteiger partial charge in [0.1, 0.15) is 5.75 Å². The molecule has 0 heterocycles. The Hall–Kier alpha value is -1.42. The lowest BCUT2D eigenvalue weighted by atomic mass is 9.94. The number of aryl methyl sites for hydroxylation is 1. The highest BCUT2D eigenvalue weighted by Crippen LogP contribution is 2.24. The first-order chi connectivity index (χ1) is 6.15. The van der Waals surface area contributed by atoms with E-state index in [0.29, 0.717) is 11.7 Å². The third kappa shape index (κ3) is 2.26. The third-order valence-electron chi connectivity index (χ3n) is 2.21. The number of phenolic OH excluding ortho intramolecular Hbond substituents is 1. The number of rotatable bonds is 2. The number of hydrogen-bond donors (Lipinski definition) is 1. The fourth-order valence-corrected chi connectivity index (χ4v) is 1.50. The van der Waals surface area contributed by atoms with Crippen molar-refractivity contribution in [3.05, 3.63) is 29.3 Å². The highest BCUT2D eigenvalue weighted by atomic mass is 16.3. The Morgan fingerprint density at radius 1 is 1.54 bits per heavy atom. The highest BCUT2D eigenvalue weighted by Gasteiger charge is 2.06. The second-order valence-corrected chi connectivity index (χ2v) is 3.35. The summed E-state index contributed by atoms with van der Waals surface area (Å²) in [5.41, 5.74) is 2.32. The molecule has 1 N–H and O–H groups in total. The molecule has 0 saturated heterocycles. The number of hydrogen-bond acceptors (Lipinski definition) is 1. The molecular formula is C12H14O. The minimum Gasteiger partial charge on any atom is -0.508 e. The summed E-state index contributed by atoms with van der Waals surface area (Å²) in [5.74, 6) is 3.33. The van der Waals surface area contributed by atoms with Gasteiger partial charge in [-0.15, -0.1) is 12.3 Å². The topological polar surface area (TPSA) is 20.2 Å². The quantitative estimate of drug-likeness (QED) is 0.683. The molecular weight excluding hydrogens is 160 g/mol. The van der Waals surface area contributed by atoms with Gasteiger partial charge in [0.05, 0.1) is 0 Å². The van der Waals surface area contributed by atoms with Crippen LogP contribution in [0.25, 0.3) is 0 Å². The van der Waals surface area contributed by atoms with Gasteiger partial charge in [0.15, 0.2) is 0 Å². The molecule has 68 valence electrons. The van der Waals surface area contributed by atoms with Gasteiger partial charge in [-0.3, -0.25) is 0 Å². The first-order valence-electron chi connectivity index (χ1n) is 4.38. The molecule has 1 rings (SSSR count). The molecule has 0 fully saturated rings. The summed E-state index contributed by atoms with van der Waals surface area (Å²) in [6, 6.07) is 5.41. The molecule has 0 bridgehead atoms. The highest BCUT2D eigenvalue weighted by molar-refractivity contribution is 5.36. The number of benzene rings is 1. The average molecular weight is 174 g/mol. The molecule has 0 aromatic heterocycles. The predicted octanol–water partition coefficient (Wildman–Crippen LogP) is 2.83. The van der Waals surface area contributed by atoms with E-state index in [1.54, 1.807) is 12.1 Å². The zero-order chi connectivity index (χ0) is 9.84. The number of phenols is 1. The largest absolute Gasteiger partial charge is 0.508 e. The van der Waals surface area contributed by atoms with Crippen LogP contribution in [0.4, 0.5) is 0 Å². The van der Waals surface area contributed by atoms with Gasteiger partial charge in [0, 0.05) is 6.42 Å². The normalized spacial score (nSPS) is 12.1. The Morgan fingerprint density at radius 3 is 2.77 bits per heavy atom. The molecule has 1 nitrogen and oxygen atoms in total. The lowest BCUT2D eigenvalue weighted by Crippen LogP contribution is -1.94. The van der Waals surface area contributed by atoms with E-state index in [-0.39, 0.29) is 0 Å². The molecule has 1 heteroatoms. The first-order valence-corrected chi connectivity index (χ1v) is 4.38. The second-order valence-electron chi connectivity index (χ2n) is 3.35. The van der Waals surface area contributed by atoms with E-state index in [4.69, 9.17) is 6.42 Å². The zero-order valence-electron chi connectivity index (χ0n) is 8.04. The SMILES string of the molecule is C#CCC(C)c1ccc(O)cc1C. The molecule has 0 aliphatic heterocycles. The van der Waals surface area contributed by atoms with Crippen LogP contribution < -0.4 is 0 Å². The van der Waals surface area contributed by atoms with Gasteiger partial charge in [-0.1, -0.05) is 13.0 Å². The monoisotopic (exact) mass is 174 g/mol. The Balaban J connectivity index is 2.96. The van der Waals surface area contributed by atoms with E-state index in [0.717, 1.165) is 12.0 Å². The van der Waals surface area contributed by atoms with Gasteiger partial charge in [0.2, 0.25) is 0 Å². The molecule has 1 atom stereocenters. The summed E-state index contributed by atoms with van der Waals surface area (Å²) < 4.78 is 0. The minimum atomic E-state index is 0.314. The van der Waals surface area contributed by atoms with Crippen molar-refractivity contribution in [2.24, 2.45) is 0 Å². The van der Waals surface area contributed by atoms with E-state index >= 15 is 0 Å². The summed E-state index contributed by atoms with van der Waals surface area (Å²) in [6.07, 6.45) is 5.99. The Kier molecular flexibility index (Phi) is 2.97. The van der Waals surface area contributed by atoms with E-state index in [2.05, 4.69) is 12.8 Å². The smallest absolute Gasteiger partial charge is 0.115 e. The van der Waals surface area contributed by atoms with Crippen LogP contribution in [-0.4, -0.2) is 5.11 Å². The van der Waals surface area contributed by atoms with Crippen LogP contribution >= 0.6 is 0 Å². The van der Waals surface area contributed by atoms with Crippen molar-refractivity contribution in [3.8, 4) is 18.1 Å². The third-order valence-corrected chi connectivity index (χ3v) is 2.21. The molecule has 1 unspecified atom stereocenters. The van der Waals surface area contributed by atoms with E-state index < -0.39 is 0 Å². The Bertz CT molecular complexity index is 333. The van der Waals surface area contributed by atoms with Gasteiger partial charge in [-0.05, 0) is 36.1 Å². The van der Waals surface area contributed by atoms with Gasteiger partial charge in [-0.25, -0.2) is 0 Å². The summed E-state index contributed by atoms with van der Waals surface area (Å²) in [7, 11) is 0. The van der Waals surface area contributed by atoms with Crippen molar-refractivity contribution in [2.75, 3.05) is 0 Å². The molecule has 1 aromatic rings. The summed E-state index contributed by atoms with van der Waals surface area (Å²) in [5, 5.41) is 9.21. The molecule has 0 radical (unpaired) electrons. The van der Waals surface area contributed by atoms with Gasteiger partial charge in [0.25, 0.3) is 0 Å². The maximum absolute atomic E-state index is 9.21. The van der Waals surface area contributed by atoms with Crippen molar-refractivity contribution in [2.45, 2.75) is 26.2 Å². The van der Waals surface area contributed by atoms with Crippen LogP contribution in [0.15, 0.2) is 18.2 Å². The van der Waals surface area contributed by atoms with Crippen molar-refractivity contribution >= 4 is 0 Å². The molecule has 0 aliphatic rings. The first kappa shape index (κ1) is 9.67. The van der Waals surface area contributed by atoms with Crippen LogP contribution in [0, 0.1) is 19.3 Å². The molecule has 13 heavy (non-hydrogen) atoms. The fraction of sp³-hybridized carbons (Fsp3) is 0.333. The predicted molar refractivity (Wildman–Crippen MR) is 54.7 cm³/mol. The van der Waals surface area contributed by atoms with E-state index in [9.17, 15) is 5.11 Å². The molecule has 0 amide bonds. The van der Waals surface area contributed by atoms with Gasteiger partial charge < -0.3 is 5.11 Å². The maximum atomic E-state index is 9.21. The zero-order valence-corrected chi connectivity index (χ0v) is 8.04. The van der Waals surface area contributed by atoms with Crippen LogP contribution in [0.1, 0.15) is 30.4 Å². The van der Waals surface area contributed by atoms with Crippen molar-refractivity contribution in [3.63, 3.8) is 0 Å². The van der Waals surface area contributed by atoms with Crippen molar-refractivity contribution in [1.29, 1.82) is 0 Å². The number of terminal acetylenes is 1. The summed E-state index contributed by atoms with van der Waals surface area (Å²) in [6.45, 7) is 4.08. The van der Waals surface area contributed by atoms with Crippen LogP contribution in [-0.2, 0) is 0 Å². The molecule has 0 aliphatic carbocycles. The molecule has 0 spiro atoms. The van der Waals surface area contributed by atoms with Gasteiger partial charge >= 0.3 is 0 Å². The van der Waals surface area contributed by atoms with Crippen LogP contribution in [0.2, 0.25) is 0 Å².